The number of likely N-dealkylation sites (tertiary alicyclic amines) is 1. The van der Waals surface area contributed by atoms with Crippen molar-refractivity contribution in [2.45, 2.75) is 51.2 Å². The van der Waals surface area contributed by atoms with Gasteiger partial charge in [-0.3, -0.25) is 9.89 Å². The number of hydrogen-bond donors (Lipinski definition) is 1. The number of aryl methyl sites for hydroxylation is 2. The molecule has 6 heteroatoms. The average Bonchev–Trinajstić information content (AvgIpc) is 3.31. The lowest BCUT2D eigenvalue weighted by Crippen LogP contribution is -2.59. The molecule has 0 amide bonds. The Balaban J connectivity index is 1.43. The molecule has 3 heterocycles. The lowest BCUT2D eigenvalue weighted by atomic mass is 9.88. The second-order valence-corrected chi connectivity index (χ2v) is 9.10. The SMILES string of the molecule is CN=C(NCC1(N2CCCC2)CCOCC1)N1CCOC(c2ccc(C)cc2C)C1. The first-order valence-electron chi connectivity index (χ1n) is 11.6. The number of nitrogens with zero attached hydrogens (tertiary/aromatic N) is 3. The molecule has 0 aromatic heterocycles. The molecule has 4 rings (SSSR count). The van der Waals surface area contributed by atoms with Gasteiger partial charge in [0.15, 0.2) is 5.96 Å². The van der Waals surface area contributed by atoms with Gasteiger partial charge in [0.1, 0.15) is 6.10 Å². The summed E-state index contributed by atoms with van der Waals surface area (Å²) in [5.74, 6) is 0.998. The fourth-order valence-corrected chi connectivity index (χ4v) is 5.34. The van der Waals surface area contributed by atoms with Crippen LogP contribution in [0.25, 0.3) is 0 Å². The minimum Gasteiger partial charge on any atom is -0.381 e. The van der Waals surface area contributed by atoms with Crippen LogP contribution in [0.2, 0.25) is 0 Å². The number of ether oxygens (including phenoxy) is 2. The van der Waals surface area contributed by atoms with Gasteiger partial charge in [-0.15, -0.1) is 0 Å². The Labute approximate surface area is 181 Å². The molecule has 0 bridgehead atoms. The summed E-state index contributed by atoms with van der Waals surface area (Å²) in [7, 11) is 1.90. The van der Waals surface area contributed by atoms with E-state index in [0.717, 1.165) is 58.3 Å². The second-order valence-electron chi connectivity index (χ2n) is 9.10. The van der Waals surface area contributed by atoms with Crippen LogP contribution in [0.1, 0.15) is 48.5 Å². The second kappa shape index (κ2) is 9.67. The van der Waals surface area contributed by atoms with Gasteiger partial charge in [0.2, 0.25) is 0 Å². The summed E-state index contributed by atoms with van der Waals surface area (Å²) < 4.78 is 11.9. The largest absolute Gasteiger partial charge is 0.381 e. The standard InChI is InChI=1S/C24H38N4O2/c1-19-6-7-21(20(2)16-19)22-17-27(12-15-30-22)23(25-3)26-18-24(8-13-29-14-9-24)28-10-4-5-11-28/h6-7,16,22H,4-5,8-15,17-18H2,1-3H3,(H,25,26). The van der Waals surface area contributed by atoms with Crippen LogP contribution in [0.5, 0.6) is 0 Å². The molecule has 3 aliphatic rings. The van der Waals surface area contributed by atoms with Gasteiger partial charge < -0.3 is 19.7 Å². The van der Waals surface area contributed by atoms with Crippen molar-refractivity contribution in [3.05, 3.63) is 34.9 Å². The van der Waals surface area contributed by atoms with E-state index >= 15 is 0 Å². The molecule has 1 atom stereocenters. The van der Waals surface area contributed by atoms with Crippen LogP contribution in [0.15, 0.2) is 23.2 Å². The van der Waals surface area contributed by atoms with E-state index in [9.17, 15) is 0 Å². The van der Waals surface area contributed by atoms with Crippen molar-refractivity contribution in [3.63, 3.8) is 0 Å². The van der Waals surface area contributed by atoms with E-state index in [1.54, 1.807) is 0 Å². The van der Waals surface area contributed by atoms with Crippen molar-refractivity contribution in [2.75, 3.05) is 59.6 Å². The van der Waals surface area contributed by atoms with Crippen molar-refractivity contribution in [2.24, 2.45) is 4.99 Å². The smallest absolute Gasteiger partial charge is 0.193 e. The third-order valence-corrected chi connectivity index (χ3v) is 7.13. The van der Waals surface area contributed by atoms with Crippen molar-refractivity contribution in [1.29, 1.82) is 0 Å². The van der Waals surface area contributed by atoms with E-state index < -0.39 is 0 Å². The molecule has 1 unspecified atom stereocenters. The number of rotatable bonds is 4. The number of morpholine rings is 1. The highest BCUT2D eigenvalue weighted by atomic mass is 16.5. The maximum Gasteiger partial charge on any atom is 0.193 e. The Hall–Kier alpha value is -1.63. The van der Waals surface area contributed by atoms with Crippen LogP contribution in [0, 0.1) is 13.8 Å². The molecule has 3 aliphatic heterocycles. The van der Waals surface area contributed by atoms with Gasteiger partial charge >= 0.3 is 0 Å². The number of benzene rings is 1. The number of aliphatic imine (C=N–C) groups is 1. The summed E-state index contributed by atoms with van der Waals surface area (Å²) in [6.45, 7) is 11.9. The molecule has 3 saturated heterocycles. The van der Waals surface area contributed by atoms with Crippen molar-refractivity contribution >= 4 is 5.96 Å². The average molecular weight is 415 g/mol. The molecule has 30 heavy (non-hydrogen) atoms. The third kappa shape index (κ3) is 4.66. The fourth-order valence-electron chi connectivity index (χ4n) is 5.34. The molecule has 6 nitrogen and oxygen atoms in total. The van der Waals surface area contributed by atoms with Crippen LogP contribution in [-0.4, -0.2) is 80.9 Å². The highest BCUT2D eigenvalue weighted by Crippen LogP contribution is 2.31. The first-order valence-corrected chi connectivity index (χ1v) is 11.6. The Morgan fingerprint density at radius 1 is 1.13 bits per heavy atom. The van der Waals surface area contributed by atoms with Crippen LogP contribution >= 0.6 is 0 Å². The maximum atomic E-state index is 6.16. The zero-order valence-electron chi connectivity index (χ0n) is 19.0. The maximum absolute atomic E-state index is 6.16. The molecule has 1 aromatic rings. The van der Waals surface area contributed by atoms with Crippen LogP contribution in [-0.2, 0) is 9.47 Å². The Kier molecular flexibility index (Phi) is 6.96. The third-order valence-electron chi connectivity index (χ3n) is 7.13. The summed E-state index contributed by atoms with van der Waals surface area (Å²) in [4.78, 5) is 9.71. The van der Waals surface area contributed by atoms with E-state index in [1.165, 1.54) is 42.6 Å². The van der Waals surface area contributed by atoms with E-state index in [0.29, 0.717) is 0 Å². The first-order chi connectivity index (χ1) is 14.6. The Morgan fingerprint density at radius 3 is 2.60 bits per heavy atom. The number of nitrogens with one attached hydrogen (secondary N) is 1. The van der Waals surface area contributed by atoms with Crippen molar-refractivity contribution in [3.8, 4) is 0 Å². The molecule has 0 saturated carbocycles. The van der Waals surface area contributed by atoms with Gasteiger partial charge in [-0.05, 0) is 63.7 Å². The lowest BCUT2D eigenvalue weighted by Gasteiger charge is -2.45. The fraction of sp³-hybridized carbons (Fsp3) is 0.708. The van der Waals surface area contributed by atoms with E-state index in [1.807, 2.05) is 7.05 Å². The van der Waals surface area contributed by atoms with Gasteiger partial charge in [-0.1, -0.05) is 23.8 Å². The van der Waals surface area contributed by atoms with Crippen LogP contribution < -0.4 is 5.32 Å². The summed E-state index contributed by atoms with van der Waals surface area (Å²) in [6, 6.07) is 6.65. The van der Waals surface area contributed by atoms with E-state index in [4.69, 9.17) is 9.47 Å². The monoisotopic (exact) mass is 414 g/mol. The van der Waals surface area contributed by atoms with Gasteiger partial charge in [0, 0.05) is 38.9 Å². The summed E-state index contributed by atoms with van der Waals surface area (Å²) in [6.07, 6.45) is 4.93. The number of guanidine groups is 1. The summed E-state index contributed by atoms with van der Waals surface area (Å²) in [5, 5.41) is 3.75. The number of hydrogen-bond acceptors (Lipinski definition) is 4. The predicted molar refractivity (Wildman–Crippen MR) is 121 cm³/mol. The molecule has 0 radical (unpaired) electrons. The zero-order chi connectivity index (χ0) is 21.0. The van der Waals surface area contributed by atoms with E-state index in [-0.39, 0.29) is 11.6 Å². The molecule has 0 spiro atoms. The van der Waals surface area contributed by atoms with Crippen LogP contribution in [0.3, 0.4) is 0 Å². The molecule has 3 fully saturated rings. The molecule has 166 valence electrons. The highest BCUT2D eigenvalue weighted by Gasteiger charge is 2.40. The molecular weight excluding hydrogens is 376 g/mol. The van der Waals surface area contributed by atoms with Crippen molar-refractivity contribution in [1.82, 2.24) is 15.1 Å². The molecule has 0 aliphatic carbocycles. The molecule has 1 N–H and O–H groups in total. The zero-order valence-corrected chi connectivity index (χ0v) is 19.0. The van der Waals surface area contributed by atoms with E-state index in [2.05, 4.69) is 52.2 Å². The van der Waals surface area contributed by atoms with Crippen LogP contribution in [0.4, 0.5) is 0 Å². The highest BCUT2D eigenvalue weighted by molar-refractivity contribution is 5.80. The quantitative estimate of drug-likeness (QED) is 0.606. The Morgan fingerprint density at radius 2 is 1.90 bits per heavy atom. The minimum atomic E-state index is 0.0912. The van der Waals surface area contributed by atoms with Gasteiger partial charge in [-0.25, -0.2) is 0 Å². The predicted octanol–water partition coefficient (Wildman–Crippen LogP) is 2.90. The summed E-state index contributed by atoms with van der Waals surface area (Å²) >= 11 is 0. The van der Waals surface area contributed by atoms with Crippen molar-refractivity contribution < 1.29 is 9.47 Å². The normalized spacial score (nSPS) is 25.5. The lowest BCUT2D eigenvalue weighted by molar-refractivity contribution is -0.0193. The van der Waals surface area contributed by atoms with Gasteiger partial charge in [0.05, 0.1) is 13.2 Å². The van der Waals surface area contributed by atoms with Gasteiger partial charge in [-0.2, -0.15) is 0 Å². The van der Waals surface area contributed by atoms with Gasteiger partial charge in [0.25, 0.3) is 0 Å². The molecule has 1 aromatic carbocycles. The topological polar surface area (TPSA) is 49.3 Å². The Bertz CT molecular complexity index is 739. The first kappa shape index (κ1) is 21.6. The molecular formula is C24H38N4O2. The summed E-state index contributed by atoms with van der Waals surface area (Å²) in [5.41, 5.74) is 4.09. The minimum absolute atomic E-state index is 0.0912.